The Morgan fingerprint density at radius 1 is 1.00 bits per heavy atom. The number of nitrogens with two attached hydrogens (primary N) is 1. The summed E-state index contributed by atoms with van der Waals surface area (Å²) in [6.45, 7) is 11.4. The molecule has 1 aromatic carbocycles. The topological polar surface area (TPSA) is 131 Å². The highest BCUT2D eigenvalue weighted by molar-refractivity contribution is 5.94. The van der Waals surface area contributed by atoms with Crippen molar-refractivity contribution in [2.45, 2.75) is 104 Å². The summed E-state index contributed by atoms with van der Waals surface area (Å²) in [6, 6.07) is 6.73. The minimum Gasteiger partial charge on any atom is -0.444 e. The largest absolute Gasteiger partial charge is 0.444 e. The van der Waals surface area contributed by atoms with Crippen LogP contribution in [0.2, 0.25) is 0 Å². The van der Waals surface area contributed by atoms with Crippen molar-refractivity contribution in [3.05, 3.63) is 35.9 Å². The first-order chi connectivity index (χ1) is 16.9. The van der Waals surface area contributed by atoms with Crippen LogP contribution in [0.1, 0.15) is 91.7 Å². The third-order valence-corrected chi connectivity index (χ3v) is 5.47. The predicted molar refractivity (Wildman–Crippen MR) is 140 cm³/mol. The van der Waals surface area contributed by atoms with Crippen molar-refractivity contribution in [2.75, 3.05) is 6.54 Å². The van der Waals surface area contributed by atoms with E-state index in [0.29, 0.717) is 12.0 Å². The maximum Gasteiger partial charge on any atom is 0.408 e. The zero-order valence-corrected chi connectivity index (χ0v) is 22.6. The summed E-state index contributed by atoms with van der Waals surface area (Å²) in [4.78, 5) is 53.2. The Kier molecular flexibility index (Phi) is 13.0. The quantitative estimate of drug-likeness (QED) is 0.332. The van der Waals surface area contributed by atoms with Gasteiger partial charge in [-0.05, 0) is 46.1 Å². The molecule has 0 aliphatic rings. The molecule has 0 radical (unpaired) electrons. The van der Waals surface area contributed by atoms with Gasteiger partial charge in [-0.15, -0.1) is 0 Å². The fraction of sp³-hybridized carbons (Fsp3) is 0.630. The van der Waals surface area contributed by atoms with Gasteiger partial charge < -0.3 is 26.0 Å². The average molecular weight is 505 g/mol. The Morgan fingerprint density at radius 2 is 1.64 bits per heavy atom. The molecule has 4 N–H and O–H groups in total. The molecular weight excluding hydrogens is 460 g/mol. The molecule has 3 atom stereocenters. The average Bonchev–Trinajstić information content (AvgIpc) is 2.76. The molecule has 9 nitrogen and oxygen atoms in total. The van der Waals surface area contributed by atoms with Crippen molar-refractivity contribution in [2.24, 2.45) is 5.73 Å². The molecule has 1 rings (SSSR count). The fourth-order valence-electron chi connectivity index (χ4n) is 3.89. The van der Waals surface area contributed by atoms with Gasteiger partial charge in [-0.2, -0.15) is 0 Å². The summed E-state index contributed by atoms with van der Waals surface area (Å²) in [7, 11) is 0. The minimum atomic E-state index is -1.27. The van der Waals surface area contributed by atoms with Crippen molar-refractivity contribution in [3.63, 3.8) is 0 Å². The first kappa shape index (κ1) is 30.9. The molecule has 0 aliphatic heterocycles. The Bertz CT molecular complexity index is 853. The molecule has 0 bridgehead atoms. The highest BCUT2D eigenvalue weighted by Crippen LogP contribution is 2.24. The molecule has 1 aromatic rings. The van der Waals surface area contributed by atoms with E-state index in [1.807, 2.05) is 26.8 Å². The van der Waals surface area contributed by atoms with E-state index in [-0.39, 0.29) is 18.5 Å². The number of nitrogens with one attached hydrogen (secondary N) is 2. The second-order valence-electron chi connectivity index (χ2n) is 10.1. The number of ether oxygens (including phenoxy) is 1. The van der Waals surface area contributed by atoms with E-state index in [0.717, 1.165) is 25.7 Å². The Labute approximate surface area is 215 Å². The Hall–Kier alpha value is -3.10. The van der Waals surface area contributed by atoms with Crippen molar-refractivity contribution in [1.29, 1.82) is 0 Å². The van der Waals surface area contributed by atoms with E-state index in [1.54, 1.807) is 45.0 Å². The van der Waals surface area contributed by atoms with Crippen LogP contribution < -0.4 is 16.4 Å². The molecule has 9 heteroatoms. The van der Waals surface area contributed by atoms with Crippen LogP contribution in [-0.4, -0.2) is 52.9 Å². The van der Waals surface area contributed by atoms with E-state index in [1.165, 1.54) is 4.90 Å². The number of rotatable bonds is 14. The number of carbonyl (C=O) groups excluding carboxylic acids is 4. The summed E-state index contributed by atoms with van der Waals surface area (Å²) in [5, 5.41) is 5.52. The van der Waals surface area contributed by atoms with Crippen molar-refractivity contribution in [1.82, 2.24) is 15.5 Å². The van der Waals surface area contributed by atoms with Gasteiger partial charge in [0.25, 0.3) is 0 Å². The van der Waals surface area contributed by atoms with E-state index in [4.69, 9.17) is 10.5 Å². The lowest BCUT2D eigenvalue weighted by atomic mass is 10.0. The van der Waals surface area contributed by atoms with Gasteiger partial charge in [0.2, 0.25) is 17.7 Å². The molecule has 0 fully saturated rings. The van der Waals surface area contributed by atoms with Crippen LogP contribution in [-0.2, 0) is 19.1 Å². The molecule has 0 saturated carbocycles. The summed E-state index contributed by atoms with van der Waals surface area (Å²) >= 11 is 0. The van der Waals surface area contributed by atoms with E-state index < -0.39 is 42.0 Å². The molecule has 36 heavy (non-hydrogen) atoms. The highest BCUT2D eigenvalue weighted by atomic mass is 16.6. The number of carbonyl (C=O) groups is 4. The lowest BCUT2D eigenvalue weighted by molar-refractivity contribution is -0.143. The molecule has 0 aliphatic carbocycles. The summed E-state index contributed by atoms with van der Waals surface area (Å²) in [6.07, 6.45) is 2.85. The lowest BCUT2D eigenvalue weighted by Crippen LogP contribution is -2.54. The van der Waals surface area contributed by atoms with Crippen LogP contribution in [0.15, 0.2) is 30.3 Å². The number of alkyl carbamates (subject to hydrolysis) is 1. The first-order valence-corrected chi connectivity index (χ1v) is 12.8. The van der Waals surface area contributed by atoms with Gasteiger partial charge in [-0.25, -0.2) is 4.79 Å². The van der Waals surface area contributed by atoms with Gasteiger partial charge in [0, 0.05) is 12.6 Å². The zero-order valence-electron chi connectivity index (χ0n) is 22.6. The molecule has 0 saturated heterocycles. The second-order valence-corrected chi connectivity index (χ2v) is 10.1. The van der Waals surface area contributed by atoms with Gasteiger partial charge in [0.15, 0.2) is 0 Å². The summed E-state index contributed by atoms with van der Waals surface area (Å²) in [5.41, 5.74) is 5.26. The van der Waals surface area contributed by atoms with E-state index >= 15 is 0 Å². The van der Waals surface area contributed by atoms with E-state index in [2.05, 4.69) is 10.6 Å². The first-order valence-electron chi connectivity index (χ1n) is 12.8. The molecule has 3 unspecified atom stereocenters. The number of benzene rings is 1. The monoisotopic (exact) mass is 504 g/mol. The predicted octanol–water partition coefficient (Wildman–Crippen LogP) is 3.82. The normalized spacial score (nSPS) is 13.7. The van der Waals surface area contributed by atoms with Crippen LogP contribution in [0.5, 0.6) is 0 Å². The number of amides is 4. The number of nitrogens with zero attached hydrogens (tertiary/aromatic N) is 1. The Balaban J connectivity index is 3.42. The van der Waals surface area contributed by atoms with Crippen LogP contribution in [0.3, 0.4) is 0 Å². The number of primary amides is 1. The van der Waals surface area contributed by atoms with Crippen LogP contribution in [0.25, 0.3) is 0 Å². The smallest absolute Gasteiger partial charge is 0.408 e. The van der Waals surface area contributed by atoms with E-state index in [9.17, 15) is 19.2 Å². The summed E-state index contributed by atoms with van der Waals surface area (Å²) in [5.74, 6) is -1.64. The minimum absolute atomic E-state index is 0.0809. The van der Waals surface area contributed by atoms with Gasteiger partial charge in [-0.1, -0.05) is 63.4 Å². The van der Waals surface area contributed by atoms with Crippen LogP contribution in [0.4, 0.5) is 4.79 Å². The van der Waals surface area contributed by atoms with Crippen LogP contribution >= 0.6 is 0 Å². The summed E-state index contributed by atoms with van der Waals surface area (Å²) < 4.78 is 5.30. The zero-order chi connectivity index (χ0) is 27.3. The molecule has 202 valence electrons. The third kappa shape index (κ3) is 11.1. The lowest BCUT2D eigenvalue weighted by Gasteiger charge is -2.35. The molecule has 0 spiro atoms. The molecule has 4 amide bonds. The fourth-order valence-corrected chi connectivity index (χ4v) is 3.89. The van der Waals surface area contributed by atoms with Crippen LogP contribution in [0, 0.1) is 0 Å². The molecular formula is C27H44N4O5. The SMILES string of the molecule is CCCCCN(C(=O)C(CC(N)=O)NC(=O)OC(C)(C)C)C(C(=O)NC(C)CCC)c1ccccc1. The second kappa shape index (κ2) is 15.1. The van der Waals surface area contributed by atoms with Crippen molar-refractivity contribution in [3.8, 4) is 0 Å². The maximum absolute atomic E-state index is 13.9. The highest BCUT2D eigenvalue weighted by Gasteiger charge is 2.37. The Morgan fingerprint density at radius 3 is 2.17 bits per heavy atom. The number of hydrogen-bond acceptors (Lipinski definition) is 5. The van der Waals surface area contributed by atoms with Gasteiger partial charge in [0.1, 0.15) is 17.7 Å². The van der Waals surface area contributed by atoms with Crippen molar-refractivity contribution < 1.29 is 23.9 Å². The standard InChI is InChI=1S/C27H44N4O5/c1-7-9-13-17-31(25(34)21(18-22(28)32)30-26(35)36-27(4,5)6)23(20-15-11-10-12-16-20)24(33)29-19(3)14-8-2/h10-12,15-16,19,21,23H,7-9,13-14,17-18H2,1-6H3,(H2,28,32)(H,29,33)(H,30,35). The van der Waals surface area contributed by atoms with Gasteiger partial charge in [-0.3, -0.25) is 14.4 Å². The van der Waals surface area contributed by atoms with Gasteiger partial charge >= 0.3 is 6.09 Å². The van der Waals surface area contributed by atoms with Crippen molar-refractivity contribution >= 4 is 23.8 Å². The molecule has 0 heterocycles. The maximum atomic E-state index is 13.9. The van der Waals surface area contributed by atoms with Gasteiger partial charge in [0.05, 0.1) is 6.42 Å². The third-order valence-electron chi connectivity index (χ3n) is 5.47. The molecule has 0 aromatic heterocycles. The number of unbranched alkanes of at least 4 members (excludes halogenated alkanes) is 2. The number of hydrogen-bond donors (Lipinski definition) is 3.